The Kier molecular flexibility index (Phi) is 7.65. The summed E-state index contributed by atoms with van der Waals surface area (Å²) in [6.45, 7) is 2.35. The zero-order valence-electron chi connectivity index (χ0n) is 16.5. The predicted molar refractivity (Wildman–Crippen MR) is 125 cm³/mol. The maximum Gasteiger partial charge on any atom is 0.275 e. The maximum absolute atomic E-state index is 12.5. The Hall–Kier alpha value is -2.64. The van der Waals surface area contributed by atoms with Gasteiger partial charge in [0.1, 0.15) is 18.1 Å². The molecule has 0 heterocycles. The first-order chi connectivity index (χ1) is 14.5. The van der Waals surface area contributed by atoms with Crippen molar-refractivity contribution >= 4 is 44.0 Å². The second-order valence-electron chi connectivity index (χ2n) is 6.48. The zero-order chi connectivity index (χ0) is 21.5. The number of carbonyl (C=O) groups excluding carboxylic acids is 1. The lowest BCUT2D eigenvalue weighted by molar-refractivity contribution is 0.0952. The Morgan fingerprint density at radius 2 is 1.87 bits per heavy atom. The van der Waals surface area contributed by atoms with E-state index in [2.05, 4.69) is 42.4 Å². The van der Waals surface area contributed by atoms with E-state index in [4.69, 9.17) is 9.47 Å². The molecule has 3 aromatic rings. The van der Waals surface area contributed by atoms with E-state index in [9.17, 15) is 4.79 Å². The first-order valence-electron chi connectivity index (χ1n) is 9.11. The Bertz CT molecular complexity index is 1070. The van der Waals surface area contributed by atoms with Crippen molar-refractivity contribution in [2.24, 2.45) is 5.10 Å². The molecule has 0 radical (unpaired) electrons. The lowest BCUT2D eigenvalue weighted by Crippen LogP contribution is -2.18. The molecule has 0 aliphatic rings. The summed E-state index contributed by atoms with van der Waals surface area (Å²) in [4.78, 5) is 12.5. The largest absolute Gasteiger partial charge is 0.496 e. The summed E-state index contributed by atoms with van der Waals surface area (Å²) < 4.78 is 12.9. The second-order valence-corrected chi connectivity index (χ2v) is 8.25. The SMILES string of the molecule is COc1cc(C)ccc1C(=O)N/N=C\c1cc(Br)cc(Br)c1OCc1ccccc1. The summed E-state index contributed by atoms with van der Waals surface area (Å²) in [5.74, 6) is 0.775. The van der Waals surface area contributed by atoms with Crippen LogP contribution >= 0.6 is 31.9 Å². The number of hydrogen-bond acceptors (Lipinski definition) is 4. The van der Waals surface area contributed by atoms with Gasteiger partial charge in [0.25, 0.3) is 5.91 Å². The van der Waals surface area contributed by atoms with Crippen LogP contribution in [0.5, 0.6) is 11.5 Å². The lowest BCUT2D eigenvalue weighted by atomic mass is 10.1. The molecule has 30 heavy (non-hydrogen) atoms. The highest BCUT2D eigenvalue weighted by Gasteiger charge is 2.13. The summed E-state index contributed by atoms with van der Waals surface area (Å²) >= 11 is 7.01. The number of aryl methyl sites for hydroxylation is 1. The van der Waals surface area contributed by atoms with Crippen molar-refractivity contribution in [1.29, 1.82) is 0 Å². The second kappa shape index (κ2) is 10.4. The number of methoxy groups -OCH3 is 1. The predicted octanol–water partition coefficient (Wildman–Crippen LogP) is 5.87. The first-order valence-corrected chi connectivity index (χ1v) is 10.7. The fourth-order valence-electron chi connectivity index (χ4n) is 2.76. The van der Waals surface area contributed by atoms with Gasteiger partial charge in [-0.15, -0.1) is 0 Å². The van der Waals surface area contributed by atoms with Gasteiger partial charge in [-0.3, -0.25) is 4.79 Å². The van der Waals surface area contributed by atoms with Gasteiger partial charge in [-0.25, -0.2) is 5.43 Å². The molecular weight excluding hydrogens is 512 g/mol. The van der Waals surface area contributed by atoms with Crippen molar-refractivity contribution in [3.8, 4) is 11.5 Å². The van der Waals surface area contributed by atoms with Crippen LogP contribution in [-0.2, 0) is 6.61 Å². The number of hydrazone groups is 1. The molecule has 0 aromatic heterocycles. The molecule has 5 nitrogen and oxygen atoms in total. The van der Waals surface area contributed by atoms with Crippen molar-refractivity contribution < 1.29 is 14.3 Å². The third-order valence-electron chi connectivity index (χ3n) is 4.23. The Labute approximate surface area is 192 Å². The van der Waals surface area contributed by atoms with Gasteiger partial charge in [-0.05, 0) is 58.2 Å². The molecule has 0 atom stereocenters. The van der Waals surface area contributed by atoms with E-state index in [1.807, 2.05) is 55.5 Å². The fraction of sp³-hybridized carbons (Fsp3) is 0.130. The van der Waals surface area contributed by atoms with Gasteiger partial charge >= 0.3 is 0 Å². The summed E-state index contributed by atoms with van der Waals surface area (Å²) in [7, 11) is 1.53. The summed E-state index contributed by atoms with van der Waals surface area (Å²) in [6.07, 6.45) is 1.55. The van der Waals surface area contributed by atoms with Crippen molar-refractivity contribution in [2.45, 2.75) is 13.5 Å². The summed E-state index contributed by atoms with van der Waals surface area (Å²) in [6, 6.07) is 19.0. The number of halogens is 2. The van der Waals surface area contributed by atoms with Crippen LogP contribution in [0.15, 0.2) is 74.7 Å². The van der Waals surface area contributed by atoms with Crippen molar-refractivity contribution in [3.63, 3.8) is 0 Å². The van der Waals surface area contributed by atoms with E-state index in [-0.39, 0.29) is 5.91 Å². The molecule has 0 spiro atoms. The molecule has 0 aliphatic heterocycles. The average Bonchev–Trinajstić information content (AvgIpc) is 2.73. The molecule has 0 saturated carbocycles. The Balaban J connectivity index is 1.77. The van der Waals surface area contributed by atoms with E-state index in [0.717, 1.165) is 20.1 Å². The molecule has 3 rings (SSSR count). The van der Waals surface area contributed by atoms with Crippen LogP contribution in [0.2, 0.25) is 0 Å². The molecule has 0 bridgehead atoms. The number of benzene rings is 3. The van der Waals surface area contributed by atoms with Crippen LogP contribution in [0.3, 0.4) is 0 Å². The number of carbonyl (C=O) groups is 1. The molecule has 7 heteroatoms. The maximum atomic E-state index is 12.5. The molecule has 0 fully saturated rings. The Morgan fingerprint density at radius 1 is 1.10 bits per heavy atom. The number of amides is 1. The van der Waals surface area contributed by atoms with Crippen molar-refractivity contribution in [3.05, 3.63) is 91.9 Å². The van der Waals surface area contributed by atoms with E-state index in [1.165, 1.54) is 7.11 Å². The van der Waals surface area contributed by atoms with Crippen LogP contribution < -0.4 is 14.9 Å². The number of hydrogen-bond donors (Lipinski definition) is 1. The highest BCUT2D eigenvalue weighted by molar-refractivity contribution is 9.11. The number of rotatable bonds is 7. The van der Waals surface area contributed by atoms with Gasteiger partial charge in [-0.1, -0.05) is 52.3 Å². The van der Waals surface area contributed by atoms with Crippen LogP contribution in [0.25, 0.3) is 0 Å². The fourth-order valence-corrected chi connectivity index (χ4v) is 4.14. The van der Waals surface area contributed by atoms with Crippen molar-refractivity contribution in [2.75, 3.05) is 7.11 Å². The normalized spacial score (nSPS) is 10.8. The average molecular weight is 532 g/mol. The topological polar surface area (TPSA) is 59.9 Å². The molecular formula is C23H20Br2N2O3. The third-order valence-corrected chi connectivity index (χ3v) is 5.28. The van der Waals surface area contributed by atoms with Gasteiger partial charge in [0.05, 0.1) is 23.4 Å². The minimum absolute atomic E-state index is 0.357. The third kappa shape index (κ3) is 5.70. The highest BCUT2D eigenvalue weighted by Crippen LogP contribution is 2.32. The van der Waals surface area contributed by atoms with E-state index >= 15 is 0 Å². The number of nitrogens with one attached hydrogen (secondary N) is 1. The van der Waals surface area contributed by atoms with Crippen LogP contribution in [0.1, 0.15) is 27.0 Å². The van der Waals surface area contributed by atoms with Gasteiger partial charge in [-0.2, -0.15) is 5.10 Å². The van der Waals surface area contributed by atoms with Crippen LogP contribution in [-0.4, -0.2) is 19.2 Å². The standard InChI is InChI=1S/C23H20Br2N2O3/c1-15-8-9-19(21(10-15)29-2)23(28)27-26-13-17-11-18(24)12-20(25)22(17)30-14-16-6-4-3-5-7-16/h3-13H,14H2,1-2H3,(H,27,28)/b26-13-. The van der Waals surface area contributed by atoms with E-state index in [1.54, 1.807) is 18.3 Å². The van der Waals surface area contributed by atoms with E-state index in [0.29, 0.717) is 29.2 Å². The van der Waals surface area contributed by atoms with Crippen molar-refractivity contribution in [1.82, 2.24) is 5.43 Å². The smallest absolute Gasteiger partial charge is 0.275 e. The molecule has 0 saturated heterocycles. The first kappa shape index (κ1) is 22.1. The zero-order valence-corrected chi connectivity index (χ0v) is 19.7. The highest BCUT2D eigenvalue weighted by atomic mass is 79.9. The molecule has 1 amide bonds. The summed E-state index contributed by atoms with van der Waals surface area (Å²) in [5, 5.41) is 4.11. The van der Waals surface area contributed by atoms with Gasteiger partial charge in [0.15, 0.2) is 0 Å². The minimum Gasteiger partial charge on any atom is -0.496 e. The number of ether oxygens (including phenoxy) is 2. The lowest BCUT2D eigenvalue weighted by Gasteiger charge is -2.12. The molecule has 0 unspecified atom stereocenters. The Morgan fingerprint density at radius 3 is 2.60 bits per heavy atom. The van der Waals surface area contributed by atoms with Gasteiger partial charge in [0.2, 0.25) is 0 Å². The van der Waals surface area contributed by atoms with Gasteiger partial charge < -0.3 is 9.47 Å². The quantitative estimate of drug-likeness (QED) is 0.306. The molecule has 0 aliphatic carbocycles. The number of nitrogens with zero attached hydrogens (tertiary/aromatic N) is 1. The van der Waals surface area contributed by atoms with E-state index < -0.39 is 0 Å². The van der Waals surface area contributed by atoms with Crippen LogP contribution in [0.4, 0.5) is 0 Å². The van der Waals surface area contributed by atoms with Gasteiger partial charge in [0, 0.05) is 10.0 Å². The molecule has 3 aromatic carbocycles. The monoisotopic (exact) mass is 530 g/mol. The van der Waals surface area contributed by atoms with Crippen LogP contribution in [0, 0.1) is 6.92 Å². The minimum atomic E-state index is -0.357. The summed E-state index contributed by atoms with van der Waals surface area (Å²) in [5.41, 5.74) is 5.73. The molecule has 154 valence electrons. The molecule has 1 N–H and O–H groups in total.